The van der Waals surface area contributed by atoms with Gasteiger partial charge < -0.3 is 35.4 Å². The molecule has 11 nitrogen and oxygen atoms in total. The molecule has 3 aromatic rings. The zero-order valence-electron chi connectivity index (χ0n) is 23.7. The summed E-state index contributed by atoms with van der Waals surface area (Å²) in [5.41, 5.74) is 2.25. The number of nitrogens with zero attached hydrogens (tertiary/aromatic N) is 1. The summed E-state index contributed by atoms with van der Waals surface area (Å²) in [6.45, 7) is 0.766. The summed E-state index contributed by atoms with van der Waals surface area (Å²) in [7, 11) is 1.61. The molecule has 3 unspecified atom stereocenters. The first-order chi connectivity index (χ1) is 20.8. The van der Waals surface area contributed by atoms with Crippen LogP contribution in [0, 0.1) is 0 Å². The molecule has 5 rings (SSSR count). The zero-order chi connectivity index (χ0) is 30.3. The van der Waals surface area contributed by atoms with Gasteiger partial charge in [0.25, 0.3) is 5.91 Å². The van der Waals surface area contributed by atoms with Crippen LogP contribution in [-0.4, -0.2) is 78.8 Å². The number of hydrogen-bond acceptors (Lipinski definition) is 8. The number of carbonyl (C=O) groups is 4. The molecule has 3 atom stereocenters. The lowest BCUT2D eigenvalue weighted by molar-refractivity contribution is -0.155. The second kappa shape index (κ2) is 13.5. The predicted molar refractivity (Wildman–Crippen MR) is 158 cm³/mol. The topological polar surface area (TPSA) is 146 Å². The molecule has 3 amide bonds. The van der Waals surface area contributed by atoms with Crippen LogP contribution in [0.4, 0.5) is 0 Å². The van der Waals surface area contributed by atoms with Gasteiger partial charge >= 0.3 is 5.97 Å². The number of methoxy groups -OCH3 is 1. The molecular weight excluding hydrogens is 552 g/mol. The average molecular weight is 587 g/mol. The molecule has 1 saturated heterocycles. The molecule has 11 heteroatoms. The summed E-state index contributed by atoms with van der Waals surface area (Å²) in [5.74, 6) is -1.24. The summed E-state index contributed by atoms with van der Waals surface area (Å²) < 4.78 is 10.1. The third-order valence-electron chi connectivity index (χ3n) is 7.49. The highest BCUT2D eigenvalue weighted by molar-refractivity contribution is 6.01. The maximum atomic E-state index is 13.7. The van der Waals surface area contributed by atoms with E-state index < -0.39 is 42.1 Å². The van der Waals surface area contributed by atoms with Crippen LogP contribution in [0.2, 0.25) is 0 Å². The van der Waals surface area contributed by atoms with Crippen LogP contribution < -0.4 is 20.7 Å². The fourth-order valence-corrected chi connectivity index (χ4v) is 5.25. The van der Waals surface area contributed by atoms with Crippen molar-refractivity contribution in [3.05, 3.63) is 89.5 Å². The van der Waals surface area contributed by atoms with E-state index in [0.29, 0.717) is 18.7 Å². The molecule has 0 spiro atoms. The number of rotatable bonds is 10. The van der Waals surface area contributed by atoms with Crippen LogP contribution in [0.15, 0.2) is 78.4 Å². The Morgan fingerprint density at radius 2 is 1.77 bits per heavy atom. The van der Waals surface area contributed by atoms with E-state index in [1.165, 1.54) is 4.90 Å². The number of para-hydroxylation sites is 1. The number of esters is 1. The molecule has 2 heterocycles. The van der Waals surface area contributed by atoms with Crippen molar-refractivity contribution < 1.29 is 33.8 Å². The highest BCUT2D eigenvalue weighted by Gasteiger charge is 2.36. The molecule has 0 radical (unpaired) electrons. The van der Waals surface area contributed by atoms with Gasteiger partial charge in [-0.15, -0.1) is 0 Å². The fourth-order valence-electron chi connectivity index (χ4n) is 5.25. The van der Waals surface area contributed by atoms with Gasteiger partial charge in [0.15, 0.2) is 0 Å². The highest BCUT2D eigenvalue weighted by atomic mass is 16.6. The van der Waals surface area contributed by atoms with Gasteiger partial charge in [0.2, 0.25) is 18.1 Å². The Kier molecular flexibility index (Phi) is 9.33. The number of cyclic esters (lactones) is 1. The van der Waals surface area contributed by atoms with Crippen molar-refractivity contribution >= 4 is 34.5 Å². The summed E-state index contributed by atoms with van der Waals surface area (Å²) in [6.07, 6.45) is 0.540. The quantitative estimate of drug-likeness (QED) is 0.207. The summed E-state index contributed by atoms with van der Waals surface area (Å²) in [6, 6.07) is 18.9. The lowest BCUT2D eigenvalue weighted by atomic mass is 10.1. The number of fused-ring (bicyclic) bond motifs is 1. The Balaban J connectivity index is 1.30. The standard InChI is InChI=1S/C32H34N4O7/c1-42-27-9-5-4-8-24(27)17-33-16-20-10-13-25(35-30(39)23-12-11-21-6-2-3-7-22(21)14-23)31(40)36(18-20)19-28(37)34-26-15-29(38)43-32(26)41/h2-12,14,25-26,32-33,41H,13,15-19H2,1H3,(H,34,37)(H,35,39). The molecule has 43 heavy (non-hydrogen) atoms. The second-order valence-electron chi connectivity index (χ2n) is 10.6. The van der Waals surface area contributed by atoms with Crippen LogP contribution in [0.3, 0.4) is 0 Å². The number of aliphatic hydroxyl groups excluding tert-OH is 1. The van der Waals surface area contributed by atoms with E-state index in [1.54, 1.807) is 19.2 Å². The molecule has 0 saturated carbocycles. The van der Waals surface area contributed by atoms with Crippen molar-refractivity contribution in [3.63, 3.8) is 0 Å². The molecule has 1 fully saturated rings. The Bertz CT molecular complexity index is 1560. The first kappa shape index (κ1) is 29.7. The van der Waals surface area contributed by atoms with Gasteiger partial charge in [-0.25, -0.2) is 0 Å². The first-order valence-electron chi connectivity index (χ1n) is 14.1. The normalized spacial score (nSPS) is 20.3. The van der Waals surface area contributed by atoms with Crippen LogP contribution >= 0.6 is 0 Å². The van der Waals surface area contributed by atoms with Crippen molar-refractivity contribution in [1.82, 2.24) is 20.9 Å². The largest absolute Gasteiger partial charge is 0.496 e. The van der Waals surface area contributed by atoms with Gasteiger partial charge in [0.1, 0.15) is 17.8 Å². The predicted octanol–water partition coefficient (Wildman–Crippen LogP) is 1.65. The molecular formula is C32H34N4O7. The van der Waals surface area contributed by atoms with E-state index in [-0.39, 0.29) is 25.9 Å². The molecule has 0 bridgehead atoms. The summed E-state index contributed by atoms with van der Waals surface area (Å²) in [5, 5.41) is 20.6. The zero-order valence-corrected chi connectivity index (χ0v) is 23.7. The Morgan fingerprint density at radius 3 is 2.53 bits per heavy atom. The smallest absolute Gasteiger partial charge is 0.310 e. The lowest BCUT2D eigenvalue weighted by Gasteiger charge is -2.26. The van der Waals surface area contributed by atoms with Gasteiger partial charge in [-0.2, -0.15) is 0 Å². The average Bonchev–Trinajstić information content (AvgIpc) is 3.25. The van der Waals surface area contributed by atoms with Gasteiger partial charge in [-0.3, -0.25) is 19.2 Å². The molecule has 2 aliphatic rings. The van der Waals surface area contributed by atoms with Crippen molar-refractivity contribution in [2.24, 2.45) is 0 Å². The minimum Gasteiger partial charge on any atom is -0.496 e. The van der Waals surface area contributed by atoms with E-state index >= 15 is 0 Å². The van der Waals surface area contributed by atoms with Crippen molar-refractivity contribution in [3.8, 4) is 5.75 Å². The Hall–Kier alpha value is -4.74. The van der Waals surface area contributed by atoms with Crippen LogP contribution in [0.1, 0.15) is 28.8 Å². The maximum absolute atomic E-state index is 13.7. The van der Waals surface area contributed by atoms with Gasteiger partial charge in [-0.05, 0) is 41.0 Å². The van der Waals surface area contributed by atoms with Crippen LogP contribution in [0.5, 0.6) is 5.75 Å². The fraction of sp³-hybridized carbons (Fsp3) is 0.312. The van der Waals surface area contributed by atoms with E-state index in [0.717, 1.165) is 27.7 Å². The Labute approximate surface area is 248 Å². The van der Waals surface area contributed by atoms with E-state index in [1.807, 2.05) is 60.7 Å². The molecule has 4 N–H and O–H groups in total. The molecule has 2 aliphatic heterocycles. The number of benzene rings is 3. The van der Waals surface area contributed by atoms with Crippen molar-refractivity contribution in [2.45, 2.75) is 37.8 Å². The van der Waals surface area contributed by atoms with Gasteiger partial charge in [0.05, 0.1) is 20.1 Å². The van der Waals surface area contributed by atoms with E-state index in [4.69, 9.17) is 9.47 Å². The molecule has 0 aliphatic carbocycles. The SMILES string of the molecule is COc1ccccc1CNCC1=CCC(NC(=O)c2ccc3ccccc3c2)C(=O)N(CC(=O)NC2CC(=O)OC2O)C1. The maximum Gasteiger partial charge on any atom is 0.310 e. The monoisotopic (exact) mass is 586 g/mol. The van der Waals surface area contributed by atoms with E-state index in [2.05, 4.69) is 16.0 Å². The molecule has 0 aromatic heterocycles. The van der Waals surface area contributed by atoms with Gasteiger partial charge in [0, 0.05) is 30.8 Å². The van der Waals surface area contributed by atoms with Crippen LogP contribution in [-0.2, 0) is 25.7 Å². The van der Waals surface area contributed by atoms with Crippen LogP contribution in [0.25, 0.3) is 10.8 Å². The number of hydrogen-bond donors (Lipinski definition) is 4. The number of carbonyl (C=O) groups excluding carboxylic acids is 4. The third kappa shape index (κ3) is 7.37. The minimum atomic E-state index is -1.44. The van der Waals surface area contributed by atoms with Gasteiger partial charge in [-0.1, -0.05) is 54.6 Å². The number of aliphatic hydroxyl groups is 1. The lowest BCUT2D eigenvalue weighted by Crippen LogP contribution is -2.52. The number of ether oxygens (including phenoxy) is 2. The summed E-state index contributed by atoms with van der Waals surface area (Å²) in [4.78, 5) is 52.7. The Morgan fingerprint density at radius 1 is 1.00 bits per heavy atom. The minimum absolute atomic E-state index is 0.149. The van der Waals surface area contributed by atoms with E-state index in [9.17, 15) is 24.3 Å². The number of nitrogens with one attached hydrogen (secondary N) is 3. The molecule has 3 aromatic carbocycles. The third-order valence-corrected chi connectivity index (χ3v) is 7.49. The van der Waals surface area contributed by atoms with Crippen molar-refractivity contribution in [2.75, 3.05) is 26.7 Å². The first-order valence-corrected chi connectivity index (χ1v) is 14.1. The molecule has 224 valence electrons. The highest BCUT2D eigenvalue weighted by Crippen LogP contribution is 2.19. The van der Waals surface area contributed by atoms with Crippen molar-refractivity contribution in [1.29, 1.82) is 0 Å². The number of amides is 3. The summed E-state index contributed by atoms with van der Waals surface area (Å²) >= 11 is 0. The second-order valence-corrected chi connectivity index (χ2v) is 10.6.